The first-order chi connectivity index (χ1) is 14.5. The van der Waals surface area contributed by atoms with Gasteiger partial charge in [-0.2, -0.15) is 5.10 Å². The number of rotatable bonds is 6. The molecule has 0 saturated carbocycles. The molecule has 1 aromatic carbocycles. The Hall–Kier alpha value is -3.03. The van der Waals surface area contributed by atoms with Gasteiger partial charge in [0.1, 0.15) is 5.01 Å². The Morgan fingerprint density at radius 1 is 1.23 bits per heavy atom. The molecule has 0 fully saturated rings. The van der Waals surface area contributed by atoms with Gasteiger partial charge in [-0.1, -0.05) is 31.5 Å². The number of halogens is 1. The lowest BCUT2D eigenvalue weighted by Gasteiger charge is -2.13. The number of thiazole rings is 1. The molecule has 1 N–H and O–H groups in total. The van der Waals surface area contributed by atoms with Crippen molar-refractivity contribution in [1.82, 2.24) is 25.1 Å². The van der Waals surface area contributed by atoms with E-state index in [1.165, 1.54) is 11.3 Å². The minimum Gasteiger partial charge on any atom is -0.345 e. The van der Waals surface area contributed by atoms with Crippen molar-refractivity contribution in [2.24, 2.45) is 0 Å². The summed E-state index contributed by atoms with van der Waals surface area (Å²) in [5.74, 6) is -0.0713. The van der Waals surface area contributed by atoms with Crippen molar-refractivity contribution in [2.75, 3.05) is 0 Å². The van der Waals surface area contributed by atoms with Crippen LogP contribution in [0.1, 0.15) is 40.8 Å². The lowest BCUT2D eigenvalue weighted by molar-refractivity contribution is 0.0949. The van der Waals surface area contributed by atoms with Crippen molar-refractivity contribution < 1.29 is 4.79 Å². The molecule has 1 amide bonds. The highest BCUT2D eigenvalue weighted by Gasteiger charge is 2.21. The molecule has 0 unspecified atom stereocenters. The van der Waals surface area contributed by atoms with Gasteiger partial charge in [0.2, 0.25) is 0 Å². The molecule has 0 aliphatic heterocycles. The second kappa shape index (κ2) is 8.77. The smallest absolute Gasteiger partial charge is 0.255 e. The number of carbonyl (C=O) groups is 1. The first-order valence-corrected chi connectivity index (χ1v) is 10.8. The van der Waals surface area contributed by atoms with Gasteiger partial charge in [-0.05, 0) is 36.2 Å². The highest BCUT2D eigenvalue weighted by atomic mass is 35.5. The quantitative estimate of drug-likeness (QED) is 0.455. The highest BCUT2D eigenvalue weighted by molar-refractivity contribution is 7.09. The van der Waals surface area contributed by atoms with Crippen molar-refractivity contribution >= 4 is 28.8 Å². The van der Waals surface area contributed by atoms with Crippen molar-refractivity contribution in [2.45, 2.75) is 26.3 Å². The molecule has 152 valence electrons. The first-order valence-electron chi connectivity index (χ1n) is 9.50. The maximum Gasteiger partial charge on any atom is 0.255 e. The molecule has 8 heteroatoms. The molecule has 3 heterocycles. The van der Waals surface area contributed by atoms with Crippen LogP contribution in [-0.2, 0) is 6.54 Å². The Balaban J connectivity index is 1.52. The van der Waals surface area contributed by atoms with Crippen LogP contribution in [-0.4, -0.2) is 25.7 Å². The van der Waals surface area contributed by atoms with E-state index in [0.717, 1.165) is 27.6 Å². The van der Waals surface area contributed by atoms with Gasteiger partial charge in [-0.25, -0.2) is 9.67 Å². The Labute approximate surface area is 183 Å². The molecular formula is C22H20ClN5OS. The third kappa shape index (κ3) is 4.27. The fourth-order valence-electron chi connectivity index (χ4n) is 3.20. The summed E-state index contributed by atoms with van der Waals surface area (Å²) >= 11 is 7.64. The van der Waals surface area contributed by atoms with Crippen LogP contribution in [0.2, 0.25) is 5.02 Å². The summed E-state index contributed by atoms with van der Waals surface area (Å²) in [7, 11) is 0. The van der Waals surface area contributed by atoms with Crippen LogP contribution in [0.3, 0.4) is 0 Å². The van der Waals surface area contributed by atoms with Gasteiger partial charge < -0.3 is 5.32 Å². The van der Waals surface area contributed by atoms with E-state index >= 15 is 0 Å². The van der Waals surface area contributed by atoms with Crippen molar-refractivity contribution in [3.63, 3.8) is 0 Å². The van der Waals surface area contributed by atoms with E-state index < -0.39 is 0 Å². The lowest BCUT2D eigenvalue weighted by atomic mass is 10.1. The van der Waals surface area contributed by atoms with Gasteiger partial charge >= 0.3 is 0 Å². The molecule has 6 nitrogen and oxygen atoms in total. The molecule has 4 rings (SSSR count). The molecule has 30 heavy (non-hydrogen) atoms. The summed E-state index contributed by atoms with van der Waals surface area (Å²) in [5, 5.41) is 10.9. The van der Waals surface area contributed by atoms with E-state index in [-0.39, 0.29) is 11.8 Å². The zero-order valence-electron chi connectivity index (χ0n) is 16.5. The van der Waals surface area contributed by atoms with E-state index in [4.69, 9.17) is 11.6 Å². The van der Waals surface area contributed by atoms with E-state index in [1.54, 1.807) is 23.3 Å². The van der Waals surface area contributed by atoms with E-state index in [1.807, 2.05) is 55.6 Å². The second-order valence-electron chi connectivity index (χ2n) is 7.03. The van der Waals surface area contributed by atoms with Crippen LogP contribution < -0.4 is 5.32 Å². The average Bonchev–Trinajstić information content (AvgIpc) is 3.40. The first kappa shape index (κ1) is 20.3. The van der Waals surface area contributed by atoms with Gasteiger partial charge in [-0.15, -0.1) is 11.3 Å². The summed E-state index contributed by atoms with van der Waals surface area (Å²) in [5.41, 5.74) is 4.10. The van der Waals surface area contributed by atoms with E-state index in [9.17, 15) is 4.79 Å². The monoisotopic (exact) mass is 437 g/mol. The highest BCUT2D eigenvalue weighted by Crippen LogP contribution is 2.25. The van der Waals surface area contributed by atoms with Crippen LogP contribution in [0.4, 0.5) is 0 Å². The Morgan fingerprint density at radius 2 is 2.03 bits per heavy atom. The van der Waals surface area contributed by atoms with Crippen LogP contribution >= 0.6 is 22.9 Å². The van der Waals surface area contributed by atoms with Gasteiger partial charge in [-0.3, -0.25) is 9.78 Å². The molecule has 0 bridgehead atoms. The number of pyridine rings is 1. The molecule has 0 saturated heterocycles. The van der Waals surface area contributed by atoms with E-state index in [2.05, 4.69) is 20.4 Å². The number of carbonyl (C=O) groups excluding carboxylic acids is 1. The minimum absolute atomic E-state index is 0.102. The third-order valence-electron chi connectivity index (χ3n) is 4.58. The van der Waals surface area contributed by atoms with Gasteiger partial charge in [0.05, 0.1) is 35.4 Å². The summed E-state index contributed by atoms with van der Waals surface area (Å²) in [4.78, 5) is 21.5. The van der Waals surface area contributed by atoms with Crippen molar-refractivity contribution in [3.05, 3.63) is 81.7 Å². The number of nitrogens with zero attached hydrogens (tertiary/aromatic N) is 4. The molecule has 4 aromatic rings. The molecule has 3 aromatic heterocycles. The van der Waals surface area contributed by atoms with Crippen LogP contribution in [0.5, 0.6) is 0 Å². The fraction of sp³-hybridized carbons (Fsp3) is 0.182. The number of aromatic nitrogens is 4. The van der Waals surface area contributed by atoms with Crippen LogP contribution in [0, 0.1) is 0 Å². The van der Waals surface area contributed by atoms with E-state index in [0.29, 0.717) is 17.1 Å². The SMILES string of the molecule is CC(C)c1c(C(=O)NCc2nc(-c3ccncc3)cs2)cnn1-c1cccc(Cl)c1. The summed E-state index contributed by atoms with van der Waals surface area (Å²) in [6, 6.07) is 11.3. The summed E-state index contributed by atoms with van der Waals surface area (Å²) < 4.78 is 1.77. The Morgan fingerprint density at radius 3 is 2.77 bits per heavy atom. The van der Waals surface area contributed by atoms with Crippen molar-refractivity contribution in [1.29, 1.82) is 0 Å². The average molecular weight is 438 g/mol. The molecule has 0 aliphatic carbocycles. The number of hydrogen-bond acceptors (Lipinski definition) is 5. The third-order valence-corrected chi connectivity index (χ3v) is 5.66. The van der Waals surface area contributed by atoms with Gasteiger partial charge in [0.25, 0.3) is 5.91 Å². The maximum atomic E-state index is 12.9. The Kier molecular flexibility index (Phi) is 5.92. The minimum atomic E-state index is -0.173. The predicted molar refractivity (Wildman–Crippen MR) is 119 cm³/mol. The predicted octanol–water partition coefficient (Wildman–Crippen LogP) is 5.10. The molecule has 0 aliphatic rings. The molecule has 0 spiro atoms. The summed E-state index contributed by atoms with van der Waals surface area (Å²) in [6.45, 7) is 4.43. The summed E-state index contributed by atoms with van der Waals surface area (Å²) in [6.07, 6.45) is 5.08. The fourth-order valence-corrected chi connectivity index (χ4v) is 4.13. The number of hydrogen-bond donors (Lipinski definition) is 1. The second-order valence-corrected chi connectivity index (χ2v) is 8.41. The van der Waals surface area contributed by atoms with Crippen LogP contribution in [0.15, 0.2) is 60.4 Å². The largest absolute Gasteiger partial charge is 0.345 e. The number of nitrogens with one attached hydrogen (secondary N) is 1. The molecule has 0 radical (unpaired) electrons. The molecular weight excluding hydrogens is 418 g/mol. The Bertz CT molecular complexity index is 1170. The number of benzene rings is 1. The molecule has 0 atom stereocenters. The zero-order valence-corrected chi connectivity index (χ0v) is 18.1. The lowest BCUT2D eigenvalue weighted by Crippen LogP contribution is -2.24. The topological polar surface area (TPSA) is 72.7 Å². The number of amides is 1. The van der Waals surface area contributed by atoms with Crippen LogP contribution in [0.25, 0.3) is 16.9 Å². The maximum absolute atomic E-state index is 12.9. The van der Waals surface area contributed by atoms with Gasteiger partial charge in [0.15, 0.2) is 0 Å². The van der Waals surface area contributed by atoms with Crippen molar-refractivity contribution in [3.8, 4) is 16.9 Å². The standard InChI is InChI=1S/C22H20ClN5OS/c1-14(2)21-18(11-26-28(21)17-5-3-4-16(23)10-17)22(29)25-12-20-27-19(13-30-20)15-6-8-24-9-7-15/h3-11,13-14H,12H2,1-2H3,(H,25,29). The zero-order chi connectivity index (χ0) is 21.1. The normalized spacial score (nSPS) is 11.1. The van der Waals surface area contributed by atoms with Gasteiger partial charge in [0, 0.05) is 28.4 Å².